The first-order valence-electron chi connectivity index (χ1n) is 10.8. The van der Waals surface area contributed by atoms with Crippen LogP contribution >= 0.6 is 0 Å². The molecule has 0 bridgehead atoms. The Hall–Kier alpha value is -2.60. The van der Waals surface area contributed by atoms with E-state index in [-0.39, 0.29) is 23.3 Å². The molecule has 1 aromatic heterocycles. The number of hydrogen-bond acceptors (Lipinski definition) is 4. The van der Waals surface area contributed by atoms with Gasteiger partial charge in [0.1, 0.15) is 0 Å². The number of amides is 1. The highest BCUT2D eigenvalue weighted by Crippen LogP contribution is 2.38. The molecule has 2 aliphatic rings. The maximum atomic E-state index is 12.8. The first kappa shape index (κ1) is 20.7. The number of aliphatic hydroxyl groups is 1. The number of rotatable bonds is 4. The Kier molecular flexibility index (Phi) is 5.22. The van der Waals surface area contributed by atoms with E-state index in [1.165, 1.54) is 0 Å². The van der Waals surface area contributed by atoms with E-state index >= 15 is 0 Å². The van der Waals surface area contributed by atoms with Crippen molar-refractivity contribution in [2.24, 2.45) is 11.1 Å². The van der Waals surface area contributed by atoms with Crippen LogP contribution in [0.15, 0.2) is 24.4 Å². The van der Waals surface area contributed by atoms with Gasteiger partial charge in [-0.3, -0.25) is 9.59 Å². The molecule has 0 atom stereocenters. The van der Waals surface area contributed by atoms with Crippen molar-refractivity contribution in [3.63, 3.8) is 0 Å². The van der Waals surface area contributed by atoms with Gasteiger partial charge in [0.15, 0.2) is 5.78 Å². The topological polar surface area (TPSA) is 97.3 Å². The van der Waals surface area contributed by atoms with E-state index in [9.17, 15) is 14.7 Å². The molecule has 2 aromatic rings. The van der Waals surface area contributed by atoms with Gasteiger partial charge < -0.3 is 20.7 Å². The normalized spacial score (nSPS) is 23.1. The zero-order chi connectivity index (χ0) is 21.6. The fraction of sp³-hybridized carbons (Fsp3) is 0.500. The predicted molar refractivity (Wildman–Crippen MR) is 117 cm³/mol. The zero-order valence-corrected chi connectivity index (χ0v) is 18.0. The van der Waals surface area contributed by atoms with Crippen LogP contribution < -0.4 is 11.1 Å². The van der Waals surface area contributed by atoms with Crippen molar-refractivity contribution in [2.45, 2.75) is 71.4 Å². The molecule has 2 aliphatic carbocycles. The summed E-state index contributed by atoms with van der Waals surface area (Å²) in [6.07, 6.45) is 6.38. The second-order valence-electron chi connectivity index (χ2n) is 9.69. The summed E-state index contributed by atoms with van der Waals surface area (Å²) in [5.41, 5.74) is 10.5. The van der Waals surface area contributed by atoms with Gasteiger partial charge in [-0.2, -0.15) is 0 Å². The molecule has 0 aliphatic heterocycles. The number of nitrogens with two attached hydrogens (primary N) is 1. The Morgan fingerprint density at radius 1 is 1.20 bits per heavy atom. The highest BCUT2D eigenvalue weighted by Gasteiger charge is 2.35. The lowest BCUT2D eigenvalue weighted by Gasteiger charge is -2.30. The Bertz CT molecular complexity index is 997. The number of fused-ring (bicyclic) bond motifs is 1. The van der Waals surface area contributed by atoms with Gasteiger partial charge in [-0.05, 0) is 68.2 Å². The molecule has 1 amide bonds. The molecule has 1 fully saturated rings. The third kappa shape index (κ3) is 3.88. The van der Waals surface area contributed by atoms with Gasteiger partial charge in [-0.1, -0.05) is 13.8 Å². The Balaban J connectivity index is 1.73. The molecule has 4 N–H and O–H groups in total. The van der Waals surface area contributed by atoms with E-state index < -0.39 is 5.91 Å². The van der Waals surface area contributed by atoms with Crippen LogP contribution in [0, 0.1) is 12.3 Å². The lowest BCUT2D eigenvalue weighted by Crippen LogP contribution is -2.29. The quantitative estimate of drug-likeness (QED) is 0.716. The van der Waals surface area contributed by atoms with Crippen LogP contribution in [0.5, 0.6) is 0 Å². The van der Waals surface area contributed by atoms with Gasteiger partial charge in [0, 0.05) is 41.3 Å². The van der Waals surface area contributed by atoms with Crippen molar-refractivity contribution in [3.05, 3.63) is 46.8 Å². The van der Waals surface area contributed by atoms with Crippen molar-refractivity contribution < 1.29 is 14.7 Å². The third-order valence-electron chi connectivity index (χ3n) is 6.46. The summed E-state index contributed by atoms with van der Waals surface area (Å²) in [6, 6.07) is 5.80. The summed E-state index contributed by atoms with van der Waals surface area (Å²) in [5.74, 6) is -0.271. The Labute approximate surface area is 177 Å². The summed E-state index contributed by atoms with van der Waals surface area (Å²) < 4.78 is 2.09. The largest absolute Gasteiger partial charge is 0.393 e. The number of anilines is 1. The molecule has 160 valence electrons. The number of aliphatic hydroxyl groups excluding tert-OH is 1. The predicted octanol–water partition coefficient (Wildman–Crippen LogP) is 3.76. The Morgan fingerprint density at radius 3 is 2.57 bits per heavy atom. The molecule has 1 aromatic carbocycles. The number of carbonyl (C=O) groups is 2. The summed E-state index contributed by atoms with van der Waals surface area (Å²) in [7, 11) is 0. The number of Topliss-reactive ketones (excluding diaryl/α,β-unsaturated/α-hetero) is 1. The second kappa shape index (κ2) is 7.58. The van der Waals surface area contributed by atoms with Crippen molar-refractivity contribution in [2.75, 3.05) is 5.32 Å². The zero-order valence-electron chi connectivity index (χ0n) is 18.0. The molecule has 30 heavy (non-hydrogen) atoms. The van der Waals surface area contributed by atoms with Crippen LogP contribution in [0.1, 0.15) is 77.9 Å². The minimum absolute atomic E-state index is 0.0796. The minimum Gasteiger partial charge on any atom is -0.393 e. The maximum absolute atomic E-state index is 12.8. The molecule has 6 heteroatoms. The number of aryl methyl sites for hydroxylation is 1. The van der Waals surface area contributed by atoms with E-state index in [0.717, 1.165) is 54.6 Å². The number of ketones is 1. The SMILES string of the molecule is Cc1cn(-c2ccc(C(N)=O)c(NC3CCC(O)CC3)c2)c2c1C(=O)CC(C)(C)C2. The summed E-state index contributed by atoms with van der Waals surface area (Å²) in [6.45, 7) is 6.23. The summed E-state index contributed by atoms with van der Waals surface area (Å²) in [5, 5.41) is 13.3. The van der Waals surface area contributed by atoms with Crippen LogP contribution in [0.4, 0.5) is 5.69 Å². The van der Waals surface area contributed by atoms with Gasteiger partial charge in [-0.15, -0.1) is 0 Å². The van der Waals surface area contributed by atoms with E-state index in [2.05, 4.69) is 23.7 Å². The van der Waals surface area contributed by atoms with Crippen LogP contribution in [0.3, 0.4) is 0 Å². The molecular weight excluding hydrogens is 378 g/mol. The fourth-order valence-electron chi connectivity index (χ4n) is 4.96. The van der Waals surface area contributed by atoms with Crippen LogP contribution in [-0.2, 0) is 6.42 Å². The van der Waals surface area contributed by atoms with Crippen LogP contribution in [-0.4, -0.2) is 33.5 Å². The maximum Gasteiger partial charge on any atom is 0.250 e. The molecule has 1 heterocycles. The highest BCUT2D eigenvalue weighted by molar-refractivity contribution is 6.01. The molecule has 4 rings (SSSR count). The van der Waals surface area contributed by atoms with Crippen molar-refractivity contribution in [1.29, 1.82) is 0 Å². The van der Waals surface area contributed by atoms with Gasteiger partial charge in [0.2, 0.25) is 0 Å². The van der Waals surface area contributed by atoms with Crippen LogP contribution in [0.25, 0.3) is 5.69 Å². The standard InChI is InChI=1S/C24H31N3O3/c1-14-13-27(20-11-24(2,3)12-21(29)22(14)20)16-6-9-18(23(25)30)19(10-16)26-15-4-7-17(28)8-5-15/h6,9-10,13,15,17,26,28H,4-5,7-8,11-12H2,1-3H3,(H2,25,30). The third-order valence-corrected chi connectivity index (χ3v) is 6.46. The lowest BCUT2D eigenvalue weighted by atomic mass is 9.75. The number of aromatic nitrogens is 1. The Morgan fingerprint density at radius 2 is 1.90 bits per heavy atom. The van der Waals surface area contributed by atoms with Gasteiger partial charge >= 0.3 is 0 Å². The molecule has 0 saturated heterocycles. The van der Waals surface area contributed by atoms with Crippen molar-refractivity contribution in [1.82, 2.24) is 4.57 Å². The van der Waals surface area contributed by atoms with Crippen molar-refractivity contribution in [3.8, 4) is 5.69 Å². The first-order chi connectivity index (χ1) is 14.1. The highest BCUT2D eigenvalue weighted by atomic mass is 16.3. The second-order valence-corrected chi connectivity index (χ2v) is 9.69. The van der Waals surface area contributed by atoms with Gasteiger partial charge in [0.05, 0.1) is 11.7 Å². The number of nitrogens with one attached hydrogen (secondary N) is 1. The number of benzene rings is 1. The number of nitrogens with zero attached hydrogens (tertiary/aromatic N) is 1. The molecule has 6 nitrogen and oxygen atoms in total. The average molecular weight is 410 g/mol. The smallest absolute Gasteiger partial charge is 0.250 e. The van der Waals surface area contributed by atoms with E-state index in [1.54, 1.807) is 6.07 Å². The summed E-state index contributed by atoms with van der Waals surface area (Å²) >= 11 is 0. The van der Waals surface area contributed by atoms with Gasteiger partial charge in [-0.25, -0.2) is 0 Å². The molecule has 0 spiro atoms. The summed E-state index contributed by atoms with van der Waals surface area (Å²) in [4.78, 5) is 24.8. The average Bonchev–Trinajstić information content (AvgIpc) is 2.98. The number of primary amides is 1. The monoisotopic (exact) mass is 409 g/mol. The van der Waals surface area contributed by atoms with E-state index in [1.807, 2.05) is 25.3 Å². The fourth-order valence-corrected chi connectivity index (χ4v) is 4.96. The number of hydrogen-bond donors (Lipinski definition) is 3. The van der Waals surface area contributed by atoms with E-state index in [0.29, 0.717) is 17.7 Å². The molecule has 0 unspecified atom stereocenters. The minimum atomic E-state index is -0.470. The van der Waals surface area contributed by atoms with Crippen molar-refractivity contribution >= 4 is 17.4 Å². The van der Waals surface area contributed by atoms with Gasteiger partial charge in [0.25, 0.3) is 5.91 Å². The number of carbonyl (C=O) groups excluding carboxylic acids is 2. The first-order valence-corrected chi connectivity index (χ1v) is 10.8. The lowest BCUT2D eigenvalue weighted by molar-refractivity contribution is 0.0909. The van der Waals surface area contributed by atoms with Crippen LogP contribution in [0.2, 0.25) is 0 Å². The molecule has 1 saturated carbocycles. The molecule has 0 radical (unpaired) electrons. The molecular formula is C24H31N3O3. The van der Waals surface area contributed by atoms with E-state index in [4.69, 9.17) is 5.73 Å².